The van der Waals surface area contributed by atoms with Crippen LogP contribution in [0.15, 0.2) is 6.20 Å². The van der Waals surface area contributed by atoms with E-state index in [1.165, 1.54) is 25.6 Å². The molecule has 0 bridgehead atoms. The molecule has 1 rings (SSSR count). The largest absolute Gasteiger partial charge is 0.481 e. The first-order chi connectivity index (χ1) is 26.3. The van der Waals surface area contributed by atoms with Gasteiger partial charge in [0.05, 0.1) is 28.6 Å². The molecule has 0 fully saturated rings. The predicted octanol–water partition coefficient (Wildman–Crippen LogP) is 5.04. The van der Waals surface area contributed by atoms with Crippen molar-refractivity contribution in [2.24, 2.45) is 16.6 Å². The van der Waals surface area contributed by atoms with Gasteiger partial charge in [-0.1, -0.05) is 26.0 Å². The summed E-state index contributed by atoms with van der Waals surface area (Å²) in [7, 11) is 0. The molecule has 0 aliphatic heterocycles. The Balaban J connectivity index is 2.84. The first kappa shape index (κ1) is 52.3. The van der Waals surface area contributed by atoms with Crippen molar-refractivity contribution in [1.82, 2.24) is 25.2 Å². The van der Waals surface area contributed by atoms with Gasteiger partial charge in [-0.15, -0.1) is 5.10 Å². The SMILES string of the molecule is CC(=O)OCC(COC(=O)C(C)(C)CC(C)(C)n1cc(CCCC(=O)NCCC(C)(C)N(CC(C)(C)SCCC(=O)O)C(=O)C(C)(N)CC(C)(C)C)nn1)OC(C)=O. The summed E-state index contributed by atoms with van der Waals surface area (Å²) in [5.41, 5.74) is 3.76. The maximum Gasteiger partial charge on any atom is 0.311 e. The number of aliphatic carboxylic acids is 1. The third-order valence-electron chi connectivity index (χ3n) is 9.40. The summed E-state index contributed by atoms with van der Waals surface area (Å²) in [5, 5.41) is 20.8. The van der Waals surface area contributed by atoms with Crippen LogP contribution in [0.25, 0.3) is 0 Å². The van der Waals surface area contributed by atoms with Gasteiger partial charge in [0.25, 0.3) is 0 Å². The zero-order chi connectivity index (χ0) is 44.9. The van der Waals surface area contributed by atoms with E-state index in [1.54, 1.807) is 31.6 Å². The zero-order valence-corrected chi connectivity index (χ0v) is 38.4. The number of nitrogens with zero attached hydrogens (tertiary/aromatic N) is 4. The van der Waals surface area contributed by atoms with Crippen molar-refractivity contribution in [3.63, 3.8) is 0 Å². The van der Waals surface area contributed by atoms with Gasteiger partial charge in [-0.05, 0) is 99.8 Å². The van der Waals surface area contributed by atoms with E-state index >= 15 is 0 Å². The Morgan fingerprint density at radius 3 is 2.05 bits per heavy atom. The van der Waals surface area contributed by atoms with Gasteiger partial charge >= 0.3 is 23.9 Å². The molecule has 1 heterocycles. The Morgan fingerprint density at radius 1 is 0.897 bits per heavy atom. The van der Waals surface area contributed by atoms with Crippen LogP contribution in [0.5, 0.6) is 0 Å². The number of amides is 2. The Labute approximate surface area is 349 Å². The Morgan fingerprint density at radius 2 is 1.50 bits per heavy atom. The van der Waals surface area contributed by atoms with Crippen LogP contribution in [0, 0.1) is 10.8 Å². The molecule has 0 aliphatic carbocycles. The highest BCUT2D eigenvalue weighted by Gasteiger charge is 2.43. The average molecular weight is 841 g/mol. The number of aromatic nitrogens is 3. The van der Waals surface area contributed by atoms with Gasteiger partial charge in [-0.2, -0.15) is 11.8 Å². The number of thioether (sulfide) groups is 1. The zero-order valence-electron chi connectivity index (χ0n) is 37.5. The molecule has 2 atom stereocenters. The van der Waals surface area contributed by atoms with Gasteiger partial charge in [0.1, 0.15) is 13.2 Å². The molecule has 332 valence electrons. The molecule has 0 saturated carbocycles. The molecule has 58 heavy (non-hydrogen) atoms. The number of nitrogens with one attached hydrogen (secondary N) is 1. The number of aryl methyl sites for hydroxylation is 1. The molecular formula is C41H72N6O10S. The number of hydrogen-bond acceptors (Lipinski definition) is 13. The fourth-order valence-electron chi connectivity index (χ4n) is 6.92. The van der Waals surface area contributed by atoms with Crippen molar-refractivity contribution in [2.75, 3.05) is 32.1 Å². The van der Waals surface area contributed by atoms with E-state index in [2.05, 4.69) is 15.6 Å². The van der Waals surface area contributed by atoms with E-state index in [1.807, 2.05) is 67.2 Å². The van der Waals surface area contributed by atoms with Crippen molar-refractivity contribution in [3.05, 3.63) is 11.9 Å². The molecule has 17 heteroatoms. The first-order valence-corrected chi connectivity index (χ1v) is 20.9. The molecule has 4 N–H and O–H groups in total. The quantitative estimate of drug-likeness (QED) is 0.0867. The average Bonchev–Trinajstić information content (AvgIpc) is 3.52. The van der Waals surface area contributed by atoms with Gasteiger partial charge in [0, 0.05) is 55.6 Å². The molecule has 1 aromatic rings. The van der Waals surface area contributed by atoms with Crippen LogP contribution >= 0.6 is 11.8 Å². The lowest BCUT2D eigenvalue weighted by Gasteiger charge is -2.47. The molecule has 0 aliphatic rings. The third-order valence-corrected chi connectivity index (χ3v) is 10.7. The minimum absolute atomic E-state index is 0.0222. The Kier molecular flexibility index (Phi) is 19.4. The smallest absolute Gasteiger partial charge is 0.311 e. The number of ether oxygens (including phenoxy) is 3. The standard InChI is InChI=1S/C41H72N6O10S/c1-28(48)55-23-31(57-29(2)49)24-56-35(54)37(6,7)26-39(10,11)47-22-30(44-45-47)16-15-17-32(50)43-20-19-38(8,9)46(27-40(12,13)58-21-18-33(51)52)34(53)41(14,42)25-36(3,4)5/h22,31H,15-21,23-27,42H2,1-14H3,(H,43,50)(H,51,52). The molecule has 1 aromatic heterocycles. The highest BCUT2D eigenvalue weighted by atomic mass is 32.2. The molecular weight excluding hydrogens is 769 g/mol. The van der Waals surface area contributed by atoms with Crippen molar-refractivity contribution < 1.29 is 48.1 Å². The minimum atomic E-state index is -1.13. The molecule has 16 nitrogen and oxygen atoms in total. The van der Waals surface area contributed by atoms with Crippen molar-refractivity contribution in [3.8, 4) is 0 Å². The third kappa shape index (κ3) is 19.3. The maximum absolute atomic E-state index is 14.2. The maximum atomic E-state index is 14.2. The fourth-order valence-corrected chi connectivity index (χ4v) is 7.97. The summed E-state index contributed by atoms with van der Waals surface area (Å²) < 4.78 is 16.7. The summed E-state index contributed by atoms with van der Waals surface area (Å²) in [6.07, 6.45) is 3.43. The molecule has 2 amide bonds. The van der Waals surface area contributed by atoms with Crippen LogP contribution in [-0.2, 0) is 54.9 Å². The van der Waals surface area contributed by atoms with Gasteiger partial charge in [-0.3, -0.25) is 28.8 Å². The van der Waals surface area contributed by atoms with Crippen LogP contribution in [-0.4, -0.2) is 115 Å². The van der Waals surface area contributed by atoms with Gasteiger partial charge < -0.3 is 35.3 Å². The van der Waals surface area contributed by atoms with E-state index in [0.29, 0.717) is 56.6 Å². The molecule has 0 aromatic carbocycles. The molecule has 2 unspecified atom stereocenters. The number of carbonyl (C=O) groups excluding carboxylic acids is 5. The molecule has 0 radical (unpaired) electrons. The minimum Gasteiger partial charge on any atom is -0.481 e. The second-order valence-corrected chi connectivity index (χ2v) is 21.0. The van der Waals surface area contributed by atoms with E-state index < -0.39 is 56.8 Å². The number of carbonyl (C=O) groups is 6. The number of hydrogen-bond donors (Lipinski definition) is 3. The summed E-state index contributed by atoms with van der Waals surface area (Å²) in [4.78, 5) is 75.8. The first-order valence-electron chi connectivity index (χ1n) is 19.9. The van der Waals surface area contributed by atoms with E-state index in [-0.39, 0.29) is 43.3 Å². The highest BCUT2D eigenvalue weighted by molar-refractivity contribution is 8.00. The summed E-state index contributed by atoms with van der Waals surface area (Å²) in [5.74, 6) is -2.45. The van der Waals surface area contributed by atoms with Crippen molar-refractivity contribution in [1.29, 1.82) is 0 Å². The van der Waals surface area contributed by atoms with Gasteiger partial charge in [0.15, 0.2) is 6.10 Å². The number of carboxylic acid groups (broad SMARTS) is 1. The second kappa shape index (κ2) is 21.5. The monoisotopic (exact) mass is 841 g/mol. The van der Waals surface area contributed by atoms with Crippen molar-refractivity contribution in [2.45, 2.75) is 169 Å². The summed E-state index contributed by atoms with van der Waals surface area (Å²) in [6.45, 7) is 25.7. The van der Waals surface area contributed by atoms with Crippen LogP contribution in [0.2, 0.25) is 0 Å². The summed E-state index contributed by atoms with van der Waals surface area (Å²) in [6, 6.07) is 0. The van der Waals surface area contributed by atoms with Crippen LogP contribution in [0.1, 0.15) is 141 Å². The predicted molar refractivity (Wildman–Crippen MR) is 223 cm³/mol. The molecule has 0 saturated heterocycles. The lowest BCUT2D eigenvalue weighted by atomic mass is 9.79. The molecule has 0 spiro atoms. The summed E-state index contributed by atoms with van der Waals surface area (Å²) >= 11 is 1.50. The van der Waals surface area contributed by atoms with Crippen LogP contribution in [0.4, 0.5) is 0 Å². The Hall–Kier alpha value is -3.73. The Bertz CT molecular complexity index is 1560. The van der Waals surface area contributed by atoms with Gasteiger partial charge in [-0.25, -0.2) is 4.68 Å². The number of esters is 3. The fraction of sp³-hybridized carbons (Fsp3) is 0.805. The van der Waals surface area contributed by atoms with Crippen LogP contribution < -0.4 is 11.1 Å². The number of nitrogens with two attached hydrogens (primary N) is 1. The normalized spacial score (nSPS) is 14.2. The lowest BCUT2D eigenvalue weighted by molar-refractivity contribution is -0.169. The highest BCUT2D eigenvalue weighted by Crippen LogP contribution is 2.35. The van der Waals surface area contributed by atoms with E-state index in [4.69, 9.17) is 25.1 Å². The van der Waals surface area contributed by atoms with Crippen LogP contribution in [0.3, 0.4) is 0 Å². The second-order valence-electron chi connectivity index (χ2n) is 19.2. The van der Waals surface area contributed by atoms with E-state index in [9.17, 15) is 28.8 Å². The lowest BCUT2D eigenvalue weighted by Crippen LogP contribution is -2.62. The van der Waals surface area contributed by atoms with Crippen molar-refractivity contribution >= 4 is 47.5 Å². The van der Waals surface area contributed by atoms with Gasteiger partial charge in [0.2, 0.25) is 11.8 Å². The van der Waals surface area contributed by atoms with E-state index in [0.717, 1.165) is 0 Å². The number of carboxylic acids is 1. The topological polar surface area (TPSA) is 222 Å². The number of rotatable bonds is 25.